The van der Waals surface area contributed by atoms with Crippen LogP contribution in [0, 0.1) is 0 Å². The van der Waals surface area contributed by atoms with E-state index in [0.29, 0.717) is 5.82 Å². The number of likely N-dealkylation sites (tertiary alicyclic amines) is 1. The molecule has 4 heterocycles. The number of aryl methyl sites for hydroxylation is 1. The summed E-state index contributed by atoms with van der Waals surface area (Å²) in [5.41, 5.74) is 1.61. The van der Waals surface area contributed by atoms with Gasteiger partial charge >= 0.3 is 0 Å². The van der Waals surface area contributed by atoms with Gasteiger partial charge < -0.3 is 5.32 Å². The van der Waals surface area contributed by atoms with Gasteiger partial charge in [-0.15, -0.1) is 0 Å². The molecule has 1 fully saturated rings. The molecule has 1 aliphatic heterocycles. The monoisotopic (exact) mass is 340 g/mol. The fraction of sp³-hybridized carbons (Fsp3) is 0.333. The third kappa shape index (κ3) is 3.51. The third-order valence-electron chi connectivity index (χ3n) is 3.90. The van der Waals surface area contributed by atoms with Crippen LogP contribution < -0.4 is 5.32 Å². The second-order valence-corrected chi connectivity index (χ2v) is 5.84. The topological polar surface area (TPSA) is 75.9 Å². The third-order valence-corrected chi connectivity index (χ3v) is 3.90. The number of nitrogens with one attached hydrogen (secondary N) is 1. The quantitative estimate of drug-likeness (QED) is 0.787. The van der Waals surface area contributed by atoms with Crippen molar-refractivity contribution in [2.75, 3.05) is 24.9 Å². The molecule has 0 saturated carbocycles. The van der Waals surface area contributed by atoms with E-state index in [1.807, 2.05) is 19.3 Å². The molecule has 1 amide bonds. The Morgan fingerprint density at radius 3 is 2.76 bits per heavy atom. The fourth-order valence-corrected chi connectivity index (χ4v) is 2.69. The first kappa shape index (κ1) is 11.7. The minimum Gasteiger partial charge on any atom is -0.310 e. The van der Waals surface area contributed by atoms with E-state index in [1.54, 1.807) is 29.3 Å². The van der Waals surface area contributed by atoms with Crippen LogP contribution in [0.5, 0.6) is 0 Å². The van der Waals surface area contributed by atoms with Gasteiger partial charge in [0.15, 0.2) is 0 Å². The molecule has 0 atom stereocenters. The van der Waals surface area contributed by atoms with Gasteiger partial charge in [0, 0.05) is 42.1 Å². The zero-order valence-corrected chi connectivity index (χ0v) is 13.7. The van der Waals surface area contributed by atoms with Crippen LogP contribution in [0.2, 0.25) is 0 Å². The van der Waals surface area contributed by atoms with Crippen LogP contribution in [-0.4, -0.2) is 50.1 Å². The fourth-order valence-electron chi connectivity index (χ4n) is 2.69. The van der Waals surface area contributed by atoms with Crippen molar-refractivity contribution in [1.29, 1.82) is 0 Å². The maximum atomic E-state index is 12.4. The molecule has 3 aromatic heterocycles. The van der Waals surface area contributed by atoms with Crippen molar-refractivity contribution >= 4 is 22.5 Å². The van der Waals surface area contributed by atoms with Crippen LogP contribution in [0.25, 0.3) is 22.0 Å². The molecule has 7 heteroatoms. The Kier molecular flexibility index (Phi) is 3.09. The summed E-state index contributed by atoms with van der Waals surface area (Å²) in [5, 5.41) is 8.42. The highest BCUT2D eigenvalue weighted by atomic mass is 16.2. The van der Waals surface area contributed by atoms with Crippen molar-refractivity contribution in [2.45, 2.75) is 12.8 Å². The minimum absolute atomic E-state index is 0.0472. The van der Waals surface area contributed by atoms with Crippen LogP contribution >= 0.6 is 0 Å². The van der Waals surface area contributed by atoms with E-state index in [-0.39, 0.29) is 12.8 Å². The average molecular weight is 340 g/mol. The number of hydrogen-bond donors (Lipinski definition) is 1. The molecule has 3 aromatic rings. The molecule has 0 aromatic carbocycles. The normalized spacial score (nSPS) is 21.3. The maximum Gasteiger partial charge on any atom is 0.239 e. The van der Waals surface area contributed by atoms with Gasteiger partial charge in [0.05, 0.1) is 18.4 Å². The molecule has 1 N–H and O–H groups in total. The number of nitrogens with zero attached hydrogens (tertiary/aromatic N) is 5. The zero-order valence-electron chi connectivity index (χ0n) is 17.7. The van der Waals surface area contributed by atoms with Crippen LogP contribution in [-0.2, 0) is 11.8 Å². The van der Waals surface area contributed by atoms with Crippen molar-refractivity contribution in [3.63, 3.8) is 0 Å². The molecule has 0 radical (unpaired) electrons. The summed E-state index contributed by atoms with van der Waals surface area (Å²) in [5.74, 6) is -0.209. The number of rotatable bonds is 4. The van der Waals surface area contributed by atoms with E-state index < -0.39 is 25.4 Å². The van der Waals surface area contributed by atoms with Gasteiger partial charge in [-0.1, -0.05) is 0 Å². The van der Waals surface area contributed by atoms with E-state index in [9.17, 15) is 4.79 Å². The molecule has 0 unspecified atom stereocenters. The summed E-state index contributed by atoms with van der Waals surface area (Å²) in [4.78, 5) is 22.0. The highest BCUT2D eigenvalue weighted by molar-refractivity contribution is 5.94. The molecule has 25 heavy (non-hydrogen) atoms. The van der Waals surface area contributed by atoms with Crippen molar-refractivity contribution in [1.82, 2.24) is 24.6 Å². The molecule has 0 aliphatic carbocycles. The smallest absolute Gasteiger partial charge is 0.239 e. The van der Waals surface area contributed by atoms with Crippen molar-refractivity contribution in [3.8, 4) is 11.3 Å². The summed E-state index contributed by atoms with van der Waals surface area (Å²) < 4.78 is 33.4. The van der Waals surface area contributed by atoms with E-state index in [1.165, 1.54) is 0 Å². The lowest BCUT2D eigenvalue weighted by molar-refractivity contribution is -0.117. The highest BCUT2D eigenvalue weighted by Gasteiger charge is 2.15. The summed E-state index contributed by atoms with van der Waals surface area (Å²) >= 11 is 0. The van der Waals surface area contributed by atoms with Gasteiger partial charge in [-0.3, -0.25) is 19.4 Å². The molecular formula is C18H20N6O. The Hall–Kier alpha value is -2.80. The van der Waals surface area contributed by atoms with Gasteiger partial charge in [-0.2, -0.15) is 5.10 Å². The van der Waals surface area contributed by atoms with Gasteiger partial charge in [-0.25, -0.2) is 4.98 Å². The molecule has 0 bridgehead atoms. The standard InChI is InChI=1S/C18H20N6O/c1-23-11-15(10-21-23)16-6-13-7-17(20-9-14(13)8-19-16)22-18(25)12-24-4-2-3-5-24/h6-11H,2-5,12H2,1H3,(H,20,22,25)/i4D2,5D2. The number of anilines is 1. The Bertz CT molecular complexity index is 1070. The number of carbonyl (C=O) groups excluding carboxylic acids is 1. The molecule has 4 rings (SSSR count). The predicted octanol–water partition coefficient (Wildman–Crippen LogP) is 2.06. The molecule has 7 nitrogen and oxygen atoms in total. The largest absolute Gasteiger partial charge is 0.310 e. The lowest BCUT2D eigenvalue weighted by atomic mass is 10.1. The Morgan fingerprint density at radius 2 is 2.00 bits per heavy atom. The zero-order chi connectivity index (χ0) is 20.8. The first-order chi connectivity index (χ1) is 13.6. The molecule has 1 aliphatic rings. The molecule has 1 saturated heterocycles. The van der Waals surface area contributed by atoms with E-state index >= 15 is 0 Å². The maximum absolute atomic E-state index is 12.4. The Balaban J connectivity index is 1.54. The number of fused-ring (bicyclic) bond motifs is 1. The summed E-state index contributed by atoms with van der Waals surface area (Å²) in [7, 11) is 1.83. The number of amides is 1. The van der Waals surface area contributed by atoms with Crippen LogP contribution in [0.15, 0.2) is 36.9 Å². The predicted molar refractivity (Wildman–Crippen MR) is 96.0 cm³/mol. The summed E-state index contributed by atoms with van der Waals surface area (Å²) in [6.07, 6.45) is 6.96. The molecule has 128 valence electrons. The van der Waals surface area contributed by atoms with Gasteiger partial charge in [-0.05, 0) is 43.4 Å². The minimum atomic E-state index is -1.86. The SMILES string of the molecule is [2H]C1([2H])CCC([2H])([2H])N1CC(=O)Nc1cc2cc(-c3cnn(C)c3)ncc2cn1. The van der Waals surface area contributed by atoms with Crippen LogP contribution in [0.3, 0.4) is 0 Å². The number of aromatic nitrogens is 4. The summed E-state index contributed by atoms with van der Waals surface area (Å²) in [6, 6.07) is 3.59. The number of pyridine rings is 2. The average Bonchev–Trinajstić information content (AvgIpc) is 3.18. The lowest BCUT2D eigenvalue weighted by Crippen LogP contribution is -2.31. The number of hydrogen-bond acceptors (Lipinski definition) is 5. The second-order valence-electron chi connectivity index (χ2n) is 5.84. The van der Waals surface area contributed by atoms with Crippen LogP contribution in [0.1, 0.15) is 18.3 Å². The molecular weight excluding hydrogens is 316 g/mol. The van der Waals surface area contributed by atoms with Crippen molar-refractivity contribution < 1.29 is 10.3 Å². The lowest BCUT2D eigenvalue weighted by Gasteiger charge is -2.13. The number of carbonyl (C=O) groups is 1. The second kappa shape index (κ2) is 6.60. The van der Waals surface area contributed by atoms with Gasteiger partial charge in [0.25, 0.3) is 0 Å². The van der Waals surface area contributed by atoms with E-state index in [4.69, 9.17) is 5.48 Å². The highest BCUT2D eigenvalue weighted by Crippen LogP contribution is 2.22. The first-order valence-electron chi connectivity index (χ1n) is 9.96. The van der Waals surface area contributed by atoms with E-state index in [0.717, 1.165) is 26.9 Å². The van der Waals surface area contributed by atoms with Crippen LogP contribution in [0.4, 0.5) is 5.82 Å². The van der Waals surface area contributed by atoms with Crippen molar-refractivity contribution in [2.24, 2.45) is 7.05 Å². The van der Waals surface area contributed by atoms with Crippen molar-refractivity contribution in [3.05, 3.63) is 36.9 Å². The van der Waals surface area contributed by atoms with Gasteiger partial charge in [0.1, 0.15) is 5.82 Å². The Labute approximate surface area is 151 Å². The summed E-state index contributed by atoms with van der Waals surface area (Å²) in [6.45, 7) is -4.11. The van der Waals surface area contributed by atoms with E-state index in [2.05, 4.69) is 20.4 Å². The molecule has 0 spiro atoms. The first-order valence-corrected chi connectivity index (χ1v) is 7.96. The van der Waals surface area contributed by atoms with Gasteiger partial charge in [0.2, 0.25) is 5.91 Å². The Morgan fingerprint density at radius 1 is 1.20 bits per heavy atom.